The quantitative estimate of drug-likeness (QED) is 0.356. The summed E-state index contributed by atoms with van der Waals surface area (Å²) in [5.74, 6) is -1.51. The number of hydrogen-bond acceptors (Lipinski definition) is 8. The Morgan fingerprint density at radius 3 is 2.39 bits per heavy atom. The average Bonchev–Trinajstić information content (AvgIpc) is 2.83. The number of piperidine rings is 1. The molecule has 0 radical (unpaired) electrons. The molecule has 2 aliphatic heterocycles. The molecular formula is C24H30ClNO7. The standard InChI is InChI=1S/C24H30ClNO7/c25-19-6-3-16(24(31)23(30)22(29)21(28)20(13-27)33-24)12-15(19)11-14-1-4-17(5-2-14)32-18-7-9-26-10-8-18/h1-6,12,18,20-23,26-31H,7-11,13H2/t20-,21-,22+,23-,24-/m1/s1. The first kappa shape index (κ1) is 24.4. The first-order valence-electron chi connectivity index (χ1n) is 11.1. The van der Waals surface area contributed by atoms with Gasteiger partial charge in [0.05, 0.1) is 6.61 Å². The van der Waals surface area contributed by atoms with Crippen LogP contribution in [0, 0.1) is 0 Å². The van der Waals surface area contributed by atoms with E-state index in [0.717, 1.165) is 37.2 Å². The predicted molar refractivity (Wildman–Crippen MR) is 121 cm³/mol. The minimum absolute atomic E-state index is 0.157. The molecule has 2 aromatic rings. The van der Waals surface area contributed by atoms with Gasteiger partial charge in [-0.1, -0.05) is 29.8 Å². The third kappa shape index (κ3) is 5.18. The predicted octanol–water partition coefficient (Wildman–Crippen LogP) is 0.680. The Morgan fingerprint density at radius 2 is 1.73 bits per heavy atom. The zero-order chi connectivity index (χ0) is 23.6. The topological polar surface area (TPSA) is 132 Å². The number of aliphatic hydroxyl groups is 5. The molecule has 2 heterocycles. The molecule has 0 spiro atoms. The van der Waals surface area contributed by atoms with Crippen LogP contribution in [0.25, 0.3) is 0 Å². The third-order valence-electron chi connectivity index (χ3n) is 6.33. The van der Waals surface area contributed by atoms with Crippen LogP contribution in [-0.2, 0) is 16.9 Å². The highest BCUT2D eigenvalue weighted by atomic mass is 35.5. The van der Waals surface area contributed by atoms with Crippen LogP contribution in [0.5, 0.6) is 5.75 Å². The Hall–Kier alpha value is -1.75. The van der Waals surface area contributed by atoms with Crippen LogP contribution in [0.4, 0.5) is 0 Å². The van der Waals surface area contributed by atoms with Crippen LogP contribution in [0.15, 0.2) is 42.5 Å². The van der Waals surface area contributed by atoms with E-state index in [4.69, 9.17) is 21.1 Å². The summed E-state index contributed by atoms with van der Waals surface area (Å²) in [6.45, 7) is 1.27. The SMILES string of the molecule is OC[C@H]1O[C@](O)(c2ccc(Cl)c(Cc3ccc(OC4CCNCC4)cc3)c2)[C@H](O)[C@@H](O)[C@@H]1O. The van der Waals surface area contributed by atoms with Gasteiger partial charge < -0.3 is 40.3 Å². The molecule has 4 rings (SSSR count). The summed E-state index contributed by atoms with van der Waals surface area (Å²) >= 11 is 6.39. The van der Waals surface area contributed by atoms with Crippen molar-refractivity contribution in [2.24, 2.45) is 0 Å². The summed E-state index contributed by atoms with van der Waals surface area (Å²) in [6, 6.07) is 12.4. The first-order valence-corrected chi connectivity index (χ1v) is 11.5. The van der Waals surface area contributed by atoms with E-state index in [-0.39, 0.29) is 11.7 Å². The summed E-state index contributed by atoms with van der Waals surface area (Å²) in [5.41, 5.74) is 1.80. The second-order valence-corrected chi connectivity index (χ2v) is 9.06. The van der Waals surface area contributed by atoms with Gasteiger partial charge >= 0.3 is 0 Å². The lowest BCUT2D eigenvalue weighted by molar-refractivity contribution is -0.357. The number of rotatable bonds is 6. The largest absolute Gasteiger partial charge is 0.490 e. The van der Waals surface area contributed by atoms with Crippen LogP contribution < -0.4 is 10.1 Å². The van der Waals surface area contributed by atoms with Crippen LogP contribution >= 0.6 is 11.6 Å². The van der Waals surface area contributed by atoms with Crippen molar-refractivity contribution >= 4 is 11.6 Å². The summed E-state index contributed by atoms with van der Waals surface area (Å²) in [7, 11) is 0. The Bertz CT molecular complexity index is 935. The van der Waals surface area contributed by atoms with E-state index in [1.54, 1.807) is 12.1 Å². The van der Waals surface area contributed by atoms with Crippen molar-refractivity contribution in [3.8, 4) is 5.75 Å². The van der Waals surface area contributed by atoms with E-state index in [9.17, 15) is 25.5 Å². The van der Waals surface area contributed by atoms with E-state index in [1.165, 1.54) is 6.07 Å². The minimum atomic E-state index is -2.32. The van der Waals surface area contributed by atoms with E-state index < -0.39 is 36.8 Å². The fraction of sp³-hybridized carbons (Fsp3) is 0.500. The molecule has 180 valence electrons. The molecule has 9 heteroatoms. The fourth-order valence-corrected chi connectivity index (χ4v) is 4.52. The molecule has 5 atom stereocenters. The molecular weight excluding hydrogens is 450 g/mol. The van der Waals surface area contributed by atoms with Gasteiger partial charge in [-0.2, -0.15) is 0 Å². The van der Waals surface area contributed by atoms with Gasteiger partial charge in [0.1, 0.15) is 36.3 Å². The maximum absolute atomic E-state index is 11.1. The van der Waals surface area contributed by atoms with E-state index in [1.807, 2.05) is 24.3 Å². The number of hydrogen-bond donors (Lipinski definition) is 6. The van der Waals surface area contributed by atoms with Crippen molar-refractivity contribution in [1.29, 1.82) is 0 Å². The normalized spacial score (nSPS) is 30.8. The molecule has 2 saturated heterocycles. The van der Waals surface area contributed by atoms with Crippen LogP contribution in [0.1, 0.15) is 29.5 Å². The molecule has 0 bridgehead atoms. The monoisotopic (exact) mass is 479 g/mol. The Morgan fingerprint density at radius 1 is 1.03 bits per heavy atom. The van der Waals surface area contributed by atoms with Crippen molar-refractivity contribution in [1.82, 2.24) is 5.32 Å². The van der Waals surface area contributed by atoms with E-state index in [2.05, 4.69) is 5.32 Å². The van der Waals surface area contributed by atoms with Gasteiger partial charge in [-0.05, 0) is 67.7 Å². The summed E-state index contributed by atoms with van der Waals surface area (Å²) < 4.78 is 11.5. The van der Waals surface area contributed by atoms with Crippen LogP contribution in [-0.4, -0.2) is 75.7 Å². The van der Waals surface area contributed by atoms with Gasteiger partial charge in [-0.15, -0.1) is 0 Å². The van der Waals surface area contributed by atoms with E-state index in [0.29, 0.717) is 17.0 Å². The summed E-state index contributed by atoms with van der Waals surface area (Å²) in [5, 5.41) is 54.8. The lowest BCUT2D eigenvalue weighted by atomic mass is 9.87. The van der Waals surface area contributed by atoms with Crippen molar-refractivity contribution < 1.29 is 35.0 Å². The second kappa shape index (κ2) is 10.2. The molecule has 0 aliphatic carbocycles. The molecule has 0 amide bonds. The lowest BCUT2D eigenvalue weighted by Crippen LogP contribution is -2.63. The van der Waals surface area contributed by atoms with Crippen molar-refractivity contribution in [2.75, 3.05) is 19.7 Å². The number of nitrogens with one attached hydrogen (secondary N) is 1. The van der Waals surface area contributed by atoms with Crippen molar-refractivity contribution in [3.63, 3.8) is 0 Å². The molecule has 2 aliphatic rings. The highest BCUT2D eigenvalue weighted by Crippen LogP contribution is 2.38. The number of ether oxygens (including phenoxy) is 2. The smallest absolute Gasteiger partial charge is 0.222 e. The average molecular weight is 480 g/mol. The Kier molecular flexibility index (Phi) is 7.57. The molecule has 8 nitrogen and oxygen atoms in total. The molecule has 33 heavy (non-hydrogen) atoms. The van der Waals surface area contributed by atoms with Gasteiger partial charge in [0, 0.05) is 10.6 Å². The zero-order valence-electron chi connectivity index (χ0n) is 18.1. The molecule has 2 aromatic carbocycles. The van der Waals surface area contributed by atoms with Crippen molar-refractivity contribution in [3.05, 3.63) is 64.2 Å². The van der Waals surface area contributed by atoms with E-state index >= 15 is 0 Å². The second-order valence-electron chi connectivity index (χ2n) is 8.66. The number of aliphatic hydroxyl groups excluding tert-OH is 4. The van der Waals surface area contributed by atoms with Crippen LogP contribution in [0.2, 0.25) is 5.02 Å². The summed E-state index contributed by atoms with van der Waals surface area (Å²) in [6.07, 6.45) is -3.72. The van der Waals surface area contributed by atoms with Gasteiger partial charge in [0.2, 0.25) is 5.79 Å². The maximum Gasteiger partial charge on any atom is 0.222 e. The zero-order valence-corrected chi connectivity index (χ0v) is 18.9. The Labute approximate surface area is 197 Å². The minimum Gasteiger partial charge on any atom is -0.490 e. The van der Waals surface area contributed by atoms with Gasteiger partial charge in [0.15, 0.2) is 0 Å². The molecule has 0 saturated carbocycles. The lowest BCUT2D eigenvalue weighted by Gasteiger charge is -2.45. The third-order valence-corrected chi connectivity index (χ3v) is 6.70. The number of benzene rings is 2. The number of halogens is 1. The Balaban J connectivity index is 1.51. The summed E-state index contributed by atoms with van der Waals surface area (Å²) in [4.78, 5) is 0. The van der Waals surface area contributed by atoms with Crippen LogP contribution in [0.3, 0.4) is 0 Å². The fourth-order valence-electron chi connectivity index (χ4n) is 4.34. The molecule has 2 fully saturated rings. The molecule has 0 aromatic heterocycles. The first-order chi connectivity index (χ1) is 15.8. The maximum atomic E-state index is 11.1. The highest BCUT2D eigenvalue weighted by Gasteiger charge is 2.53. The van der Waals surface area contributed by atoms with Gasteiger partial charge in [0.25, 0.3) is 0 Å². The van der Waals surface area contributed by atoms with Gasteiger partial charge in [-0.3, -0.25) is 0 Å². The van der Waals surface area contributed by atoms with Crippen molar-refractivity contribution in [2.45, 2.75) is 55.6 Å². The van der Waals surface area contributed by atoms with Gasteiger partial charge in [-0.25, -0.2) is 0 Å². The molecule has 0 unspecified atom stereocenters. The molecule has 6 N–H and O–H groups in total. The highest BCUT2D eigenvalue weighted by molar-refractivity contribution is 6.31.